The van der Waals surface area contributed by atoms with E-state index in [1.54, 1.807) is 19.1 Å². The smallest absolute Gasteiger partial charge is 0.330 e. The van der Waals surface area contributed by atoms with Gasteiger partial charge in [0.05, 0.1) is 6.61 Å². The zero-order valence-electron chi connectivity index (χ0n) is 11.1. The molecule has 4 nitrogen and oxygen atoms in total. The van der Waals surface area contributed by atoms with Crippen LogP contribution in [0.5, 0.6) is 0 Å². The van der Waals surface area contributed by atoms with Crippen molar-refractivity contribution < 1.29 is 19.1 Å². The van der Waals surface area contributed by atoms with E-state index in [0.29, 0.717) is 13.0 Å². The lowest BCUT2D eigenvalue weighted by molar-refractivity contribution is -0.137. The predicted octanol–water partition coefficient (Wildman–Crippen LogP) is 2.95. The Morgan fingerprint density at radius 2 is 1.89 bits per heavy atom. The van der Waals surface area contributed by atoms with Gasteiger partial charge in [0.25, 0.3) is 0 Å². The van der Waals surface area contributed by atoms with E-state index in [-0.39, 0.29) is 11.9 Å². The summed E-state index contributed by atoms with van der Waals surface area (Å²) in [5.41, 5.74) is 0. The van der Waals surface area contributed by atoms with E-state index >= 15 is 0 Å². The molecule has 0 bridgehead atoms. The minimum absolute atomic E-state index is 0.322. The van der Waals surface area contributed by atoms with Crippen molar-refractivity contribution >= 4 is 11.9 Å². The fourth-order valence-corrected chi connectivity index (χ4v) is 1.08. The molecule has 0 rings (SSSR count). The third-order valence-corrected chi connectivity index (χ3v) is 1.95. The molecule has 0 saturated carbocycles. The molecule has 0 unspecified atom stereocenters. The van der Waals surface area contributed by atoms with Crippen molar-refractivity contribution in [3.63, 3.8) is 0 Å². The second-order valence-electron chi connectivity index (χ2n) is 3.58. The SMILES string of the molecule is CC=CC(=O)OCCCC[CH]OC(=O)C=CCC. The number of allylic oxidation sites excluding steroid dienone is 2. The molecule has 0 saturated heterocycles. The first-order valence-corrected chi connectivity index (χ1v) is 6.19. The quantitative estimate of drug-likeness (QED) is 0.360. The zero-order chi connectivity index (χ0) is 13.6. The van der Waals surface area contributed by atoms with Gasteiger partial charge in [-0.2, -0.15) is 0 Å². The molecule has 0 aromatic heterocycles. The van der Waals surface area contributed by atoms with E-state index in [1.165, 1.54) is 18.8 Å². The van der Waals surface area contributed by atoms with Crippen LogP contribution in [-0.4, -0.2) is 18.5 Å². The van der Waals surface area contributed by atoms with E-state index in [9.17, 15) is 9.59 Å². The van der Waals surface area contributed by atoms with E-state index in [1.807, 2.05) is 6.92 Å². The van der Waals surface area contributed by atoms with Crippen LogP contribution in [0.2, 0.25) is 0 Å². The predicted molar refractivity (Wildman–Crippen MR) is 69.4 cm³/mol. The number of hydrogen-bond donors (Lipinski definition) is 0. The van der Waals surface area contributed by atoms with Crippen LogP contribution in [0.15, 0.2) is 24.3 Å². The van der Waals surface area contributed by atoms with Crippen LogP contribution in [0.3, 0.4) is 0 Å². The maximum Gasteiger partial charge on any atom is 0.330 e. The maximum atomic E-state index is 11.0. The molecule has 0 amide bonds. The normalized spacial score (nSPS) is 11.0. The van der Waals surface area contributed by atoms with Gasteiger partial charge >= 0.3 is 11.9 Å². The molecule has 0 aliphatic heterocycles. The first kappa shape index (κ1) is 16.4. The molecular weight excluding hydrogens is 232 g/mol. The summed E-state index contributed by atoms with van der Waals surface area (Å²) in [5.74, 6) is -0.672. The Hall–Kier alpha value is -1.58. The van der Waals surface area contributed by atoms with Gasteiger partial charge in [-0.15, -0.1) is 0 Å². The lowest BCUT2D eigenvalue weighted by Gasteiger charge is -2.02. The third kappa shape index (κ3) is 10.9. The highest BCUT2D eigenvalue weighted by atomic mass is 16.5. The van der Waals surface area contributed by atoms with Gasteiger partial charge in [0.2, 0.25) is 0 Å². The molecule has 0 heterocycles. The Balaban J connectivity index is 3.33. The second-order valence-corrected chi connectivity index (χ2v) is 3.58. The molecule has 4 heteroatoms. The molecule has 0 aromatic rings. The number of rotatable bonds is 9. The van der Waals surface area contributed by atoms with Gasteiger partial charge in [0, 0.05) is 12.2 Å². The lowest BCUT2D eigenvalue weighted by Crippen LogP contribution is -2.02. The van der Waals surface area contributed by atoms with Crippen molar-refractivity contribution in [2.24, 2.45) is 0 Å². The Morgan fingerprint density at radius 1 is 1.11 bits per heavy atom. The highest BCUT2D eigenvalue weighted by Gasteiger charge is 1.98. The minimum Gasteiger partial charge on any atom is -0.463 e. The Bertz CT molecular complexity index is 292. The summed E-state index contributed by atoms with van der Waals surface area (Å²) in [5, 5.41) is 0. The van der Waals surface area contributed by atoms with Crippen LogP contribution in [0.4, 0.5) is 0 Å². The van der Waals surface area contributed by atoms with E-state index in [2.05, 4.69) is 0 Å². The van der Waals surface area contributed by atoms with E-state index < -0.39 is 0 Å². The van der Waals surface area contributed by atoms with E-state index in [0.717, 1.165) is 19.3 Å². The van der Waals surface area contributed by atoms with Crippen LogP contribution in [-0.2, 0) is 19.1 Å². The lowest BCUT2D eigenvalue weighted by atomic mass is 10.2. The number of carbonyl (C=O) groups excluding carboxylic acids is 2. The third-order valence-electron chi connectivity index (χ3n) is 1.95. The largest absolute Gasteiger partial charge is 0.463 e. The Kier molecular flexibility index (Phi) is 10.8. The topological polar surface area (TPSA) is 52.6 Å². The summed E-state index contributed by atoms with van der Waals surface area (Å²) in [4.78, 5) is 22.0. The zero-order valence-corrected chi connectivity index (χ0v) is 11.1. The Labute approximate surface area is 109 Å². The molecule has 0 atom stereocenters. The highest BCUT2D eigenvalue weighted by Crippen LogP contribution is 2.01. The molecule has 1 radical (unpaired) electrons. The fourth-order valence-electron chi connectivity index (χ4n) is 1.08. The number of esters is 2. The average molecular weight is 253 g/mol. The van der Waals surface area contributed by atoms with Crippen LogP contribution < -0.4 is 0 Å². The van der Waals surface area contributed by atoms with Gasteiger partial charge in [0.1, 0.15) is 6.61 Å². The summed E-state index contributed by atoms with van der Waals surface area (Å²) >= 11 is 0. The summed E-state index contributed by atoms with van der Waals surface area (Å²) in [7, 11) is 0. The first-order valence-electron chi connectivity index (χ1n) is 6.19. The number of ether oxygens (including phenoxy) is 2. The van der Waals surface area contributed by atoms with Gasteiger partial charge in [-0.1, -0.05) is 19.1 Å². The van der Waals surface area contributed by atoms with Gasteiger partial charge in [0.15, 0.2) is 0 Å². The molecule has 0 spiro atoms. The van der Waals surface area contributed by atoms with Gasteiger partial charge in [-0.3, -0.25) is 0 Å². The summed E-state index contributed by atoms with van der Waals surface area (Å²) in [6.45, 7) is 5.58. The van der Waals surface area contributed by atoms with Gasteiger partial charge < -0.3 is 9.47 Å². The van der Waals surface area contributed by atoms with Crippen LogP contribution >= 0.6 is 0 Å². The summed E-state index contributed by atoms with van der Waals surface area (Å²) in [6.07, 6.45) is 9.22. The molecule has 0 fully saturated rings. The fraction of sp³-hybridized carbons (Fsp3) is 0.500. The number of hydrogen-bond acceptors (Lipinski definition) is 4. The molecule has 0 N–H and O–H groups in total. The first-order chi connectivity index (χ1) is 8.70. The molecular formula is C14H21O4. The van der Waals surface area contributed by atoms with Crippen molar-refractivity contribution in [3.05, 3.63) is 30.9 Å². The molecule has 0 aliphatic rings. The van der Waals surface area contributed by atoms with Crippen molar-refractivity contribution in [2.45, 2.75) is 39.5 Å². The standard InChI is InChI=1S/C14H21O4/c1-3-5-10-14(16)18-12-8-6-7-11-17-13(15)9-4-2/h4-5,9-10,12H,3,6-8,11H2,1-2H3. The second kappa shape index (κ2) is 11.9. The van der Waals surface area contributed by atoms with Crippen LogP contribution in [0, 0.1) is 6.61 Å². The van der Waals surface area contributed by atoms with Crippen LogP contribution in [0.1, 0.15) is 39.5 Å². The molecule has 0 aromatic carbocycles. The molecule has 101 valence electrons. The van der Waals surface area contributed by atoms with Crippen molar-refractivity contribution in [3.8, 4) is 0 Å². The summed E-state index contributed by atoms with van der Waals surface area (Å²) < 4.78 is 9.75. The summed E-state index contributed by atoms with van der Waals surface area (Å²) in [6, 6.07) is 0. The van der Waals surface area contributed by atoms with E-state index in [4.69, 9.17) is 9.47 Å². The maximum absolute atomic E-state index is 11.0. The minimum atomic E-state index is -0.351. The molecule has 18 heavy (non-hydrogen) atoms. The average Bonchev–Trinajstić information content (AvgIpc) is 2.35. The highest BCUT2D eigenvalue weighted by molar-refractivity contribution is 5.82. The number of carbonyl (C=O) groups is 2. The van der Waals surface area contributed by atoms with Gasteiger partial charge in [-0.25, -0.2) is 9.59 Å². The van der Waals surface area contributed by atoms with Crippen molar-refractivity contribution in [2.75, 3.05) is 6.61 Å². The van der Waals surface area contributed by atoms with Crippen molar-refractivity contribution in [1.29, 1.82) is 0 Å². The Morgan fingerprint density at radius 3 is 2.56 bits per heavy atom. The molecule has 0 aliphatic carbocycles. The monoisotopic (exact) mass is 253 g/mol. The number of unbranched alkanes of at least 4 members (excludes halogenated alkanes) is 2. The van der Waals surface area contributed by atoms with Gasteiger partial charge in [-0.05, 0) is 32.6 Å². The van der Waals surface area contributed by atoms with Crippen LogP contribution in [0.25, 0.3) is 0 Å². The van der Waals surface area contributed by atoms with Crippen molar-refractivity contribution in [1.82, 2.24) is 0 Å².